The molecule has 0 amide bonds. The van der Waals surface area contributed by atoms with Gasteiger partial charge in [-0.2, -0.15) is 0 Å². The molecule has 0 radical (unpaired) electrons. The van der Waals surface area contributed by atoms with Crippen LogP contribution in [0.2, 0.25) is 0 Å². The molecule has 0 aromatic carbocycles. The van der Waals surface area contributed by atoms with Crippen LogP contribution in [0.15, 0.2) is 0 Å². The van der Waals surface area contributed by atoms with E-state index in [1.807, 2.05) is 0 Å². The molecular formula is C13H24O2. The summed E-state index contributed by atoms with van der Waals surface area (Å²) in [5.74, 6) is 0.771. The number of hydrogen-bond acceptors (Lipinski definition) is 1. The second kappa shape index (κ2) is 5.00. The average Bonchev–Trinajstić information content (AvgIpc) is 2.17. The molecule has 1 N–H and O–H groups in total. The summed E-state index contributed by atoms with van der Waals surface area (Å²) in [6.45, 7) is 6.57. The zero-order chi connectivity index (χ0) is 11.5. The zero-order valence-corrected chi connectivity index (χ0v) is 10.3. The van der Waals surface area contributed by atoms with Gasteiger partial charge in [-0.05, 0) is 50.4 Å². The molecular weight excluding hydrogens is 188 g/mol. The van der Waals surface area contributed by atoms with Crippen LogP contribution >= 0.6 is 0 Å². The molecule has 0 atom stereocenters. The predicted octanol–water partition coefficient (Wildman–Crippen LogP) is 3.70. The highest BCUT2D eigenvalue weighted by Gasteiger charge is 2.40. The quantitative estimate of drug-likeness (QED) is 0.771. The molecule has 1 saturated carbocycles. The van der Waals surface area contributed by atoms with E-state index in [1.54, 1.807) is 0 Å². The molecule has 0 aromatic heterocycles. The van der Waals surface area contributed by atoms with E-state index < -0.39 is 11.4 Å². The second-order valence-electron chi connectivity index (χ2n) is 5.70. The third kappa shape index (κ3) is 3.22. The van der Waals surface area contributed by atoms with Gasteiger partial charge < -0.3 is 5.11 Å². The van der Waals surface area contributed by atoms with E-state index in [0.29, 0.717) is 5.92 Å². The Morgan fingerprint density at radius 1 is 1.40 bits per heavy atom. The molecule has 88 valence electrons. The van der Waals surface area contributed by atoms with Gasteiger partial charge in [0.1, 0.15) is 0 Å². The summed E-state index contributed by atoms with van der Waals surface area (Å²) in [5, 5.41) is 9.39. The molecule has 2 nitrogen and oxygen atoms in total. The van der Waals surface area contributed by atoms with Gasteiger partial charge in [0.05, 0.1) is 5.41 Å². The zero-order valence-electron chi connectivity index (χ0n) is 10.3. The highest BCUT2D eigenvalue weighted by atomic mass is 16.4. The Hall–Kier alpha value is -0.530. The summed E-state index contributed by atoms with van der Waals surface area (Å²) in [6, 6.07) is 0. The third-order valence-corrected chi connectivity index (χ3v) is 3.89. The first-order chi connectivity index (χ1) is 6.96. The molecule has 0 bridgehead atoms. The number of carbonyl (C=O) groups is 1. The van der Waals surface area contributed by atoms with Crippen LogP contribution in [0, 0.1) is 17.3 Å². The van der Waals surface area contributed by atoms with E-state index in [4.69, 9.17) is 0 Å². The standard InChI is InChI=1S/C13H24O2/c1-10(2)4-7-13(12(14)15)8-5-11(3)6-9-13/h10-11H,4-9H2,1-3H3,(H,14,15)/t11-,13-. The highest BCUT2D eigenvalue weighted by Crippen LogP contribution is 2.43. The van der Waals surface area contributed by atoms with Crippen molar-refractivity contribution in [2.75, 3.05) is 0 Å². The molecule has 0 spiro atoms. The van der Waals surface area contributed by atoms with Crippen molar-refractivity contribution in [3.63, 3.8) is 0 Å². The topological polar surface area (TPSA) is 37.3 Å². The van der Waals surface area contributed by atoms with Crippen LogP contribution in [0.4, 0.5) is 0 Å². The van der Waals surface area contributed by atoms with Crippen LogP contribution in [-0.2, 0) is 4.79 Å². The van der Waals surface area contributed by atoms with Crippen LogP contribution < -0.4 is 0 Å². The average molecular weight is 212 g/mol. The van der Waals surface area contributed by atoms with Gasteiger partial charge >= 0.3 is 5.97 Å². The molecule has 1 aliphatic rings. The lowest BCUT2D eigenvalue weighted by Crippen LogP contribution is -2.35. The van der Waals surface area contributed by atoms with Gasteiger partial charge in [0.2, 0.25) is 0 Å². The summed E-state index contributed by atoms with van der Waals surface area (Å²) in [5.41, 5.74) is -0.392. The van der Waals surface area contributed by atoms with Gasteiger partial charge in [-0.25, -0.2) is 0 Å². The SMILES string of the molecule is CC(C)CC[C@]1(C(=O)O)CC[C@H](C)CC1. The monoisotopic (exact) mass is 212 g/mol. The van der Waals surface area contributed by atoms with E-state index in [2.05, 4.69) is 20.8 Å². The van der Waals surface area contributed by atoms with Crippen LogP contribution in [0.5, 0.6) is 0 Å². The Kier molecular flexibility index (Phi) is 4.18. The molecule has 15 heavy (non-hydrogen) atoms. The Balaban J connectivity index is 2.59. The van der Waals surface area contributed by atoms with Crippen LogP contribution in [0.25, 0.3) is 0 Å². The van der Waals surface area contributed by atoms with Crippen LogP contribution in [-0.4, -0.2) is 11.1 Å². The van der Waals surface area contributed by atoms with E-state index in [1.165, 1.54) is 0 Å². The number of carboxylic acid groups (broad SMARTS) is 1. The first kappa shape index (κ1) is 12.5. The Morgan fingerprint density at radius 3 is 2.33 bits per heavy atom. The van der Waals surface area contributed by atoms with E-state index in [0.717, 1.165) is 44.4 Å². The highest BCUT2D eigenvalue weighted by molar-refractivity contribution is 5.74. The number of carboxylic acids is 1. The normalized spacial score (nSPS) is 31.9. The van der Waals surface area contributed by atoms with Crippen LogP contribution in [0.3, 0.4) is 0 Å². The summed E-state index contributed by atoms with van der Waals surface area (Å²) in [6.07, 6.45) is 5.86. The largest absolute Gasteiger partial charge is 0.481 e. The first-order valence-electron chi connectivity index (χ1n) is 6.20. The maximum Gasteiger partial charge on any atom is 0.309 e. The number of rotatable bonds is 4. The molecule has 0 aromatic rings. The van der Waals surface area contributed by atoms with Crippen molar-refractivity contribution in [3.05, 3.63) is 0 Å². The minimum atomic E-state index is -0.560. The Bertz CT molecular complexity index is 213. The van der Waals surface area contributed by atoms with Gasteiger partial charge in [0.15, 0.2) is 0 Å². The maximum atomic E-state index is 11.4. The summed E-state index contributed by atoms with van der Waals surface area (Å²) in [7, 11) is 0. The van der Waals surface area contributed by atoms with Crippen molar-refractivity contribution in [3.8, 4) is 0 Å². The maximum absolute atomic E-state index is 11.4. The van der Waals surface area contributed by atoms with Gasteiger partial charge in [-0.1, -0.05) is 20.8 Å². The molecule has 0 heterocycles. The Morgan fingerprint density at radius 2 is 1.93 bits per heavy atom. The number of aliphatic carboxylic acids is 1. The molecule has 0 unspecified atom stereocenters. The second-order valence-corrected chi connectivity index (χ2v) is 5.70. The third-order valence-electron chi connectivity index (χ3n) is 3.89. The smallest absolute Gasteiger partial charge is 0.309 e. The number of hydrogen-bond donors (Lipinski definition) is 1. The van der Waals surface area contributed by atoms with E-state index in [-0.39, 0.29) is 0 Å². The lowest BCUT2D eigenvalue weighted by Gasteiger charge is -2.36. The summed E-state index contributed by atoms with van der Waals surface area (Å²) in [4.78, 5) is 11.4. The molecule has 2 heteroatoms. The lowest BCUT2D eigenvalue weighted by molar-refractivity contribution is -0.152. The van der Waals surface area contributed by atoms with Crippen LogP contribution in [0.1, 0.15) is 59.3 Å². The molecule has 1 rings (SSSR count). The van der Waals surface area contributed by atoms with Gasteiger partial charge in [-0.15, -0.1) is 0 Å². The Labute approximate surface area is 93.1 Å². The molecule has 0 saturated heterocycles. The van der Waals surface area contributed by atoms with Crippen molar-refractivity contribution in [2.24, 2.45) is 17.3 Å². The van der Waals surface area contributed by atoms with Gasteiger partial charge in [-0.3, -0.25) is 4.79 Å². The molecule has 1 fully saturated rings. The van der Waals surface area contributed by atoms with Crippen molar-refractivity contribution in [2.45, 2.75) is 59.3 Å². The molecule has 0 aliphatic heterocycles. The van der Waals surface area contributed by atoms with E-state index in [9.17, 15) is 9.90 Å². The van der Waals surface area contributed by atoms with Crippen molar-refractivity contribution in [1.29, 1.82) is 0 Å². The molecule has 1 aliphatic carbocycles. The first-order valence-corrected chi connectivity index (χ1v) is 6.20. The van der Waals surface area contributed by atoms with Crippen molar-refractivity contribution >= 4 is 5.97 Å². The predicted molar refractivity (Wildman–Crippen MR) is 61.8 cm³/mol. The fourth-order valence-electron chi connectivity index (χ4n) is 2.45. The van der Waals surface area contributed by atoms with E-state index >= 15 is 0 Å². The minimum Gasteiger partial charge on any atom is -0.481 e. The lowest BCUT2D eigenvalue weighted by atomic mass is 9.68. The fraction of sp³-hybridized carbons (Fsp3) is 0.923. The van der Waals surface area contributed by atoms with Gasteiger partial charge in [0.25, 0.3) is 0 Å². The van der Waals surface area contributed by atoms with Crippen molar-refractivity contribution in [1.82, 2.24) is 0 Å². The van der Waals surface area contributed by atoms with Gasteiger partial charge in [0, 0.05) is 0 Å². The summed E-state index contributed by atoms with van der Waals surface area (Å²) >= 11 is 0. The minimum absolute atomic E-state index is 0.392. The summed E-state index contributed by atoms with van der Waals surface area (Å²) < 4.78 is 0. The fourth-order valence-corrected chi connectivity index (χ4v) is 2.45. The van der Waals surface area contributed by atoms with Crippen molar-refractivity contribution < 1.29 is 9.90 Å².